The number of aryl methyl sites for hydroxylation is 1. The maximum atomic E-state index is 12.0. The summed E-state index contributed by atoms with van der Waals surface area (Å²) in [5, 5.41) is 12.4. The number of carbonyl (C=O) groups is 1. The molecular weight excluding hydrogens is 242 g/mol. The molecule has 0 saturated carbocycles. The standard InChI is InChI=1S/C15H23NO3/c1-11-9-12(5-6-13(11)17)14(18)16-10-15(2,3)7-8-19-4/h5-6,9,17H,7-8,10H2,1-4H3,(H,16,18). The van der Waals surface area contributed by atoms with E-state index in [-0.39, 0.29) is 17.1 Å². The Balaban J connectivity index is 2.57. The molecule has 19 heavy (non-hydrogen) atoms. The molecule has 0 aromatic heterocycles. The van der Waals surface area contributed by atoms with Gasteiger partial charge in [0.05, 0.1) is 0 Å². The van der Waals surface area contributed by atoms with Crippen LogP contribution in [0.3, 0.4) is 0 Å². The number of amides is 1. The molecule has 0 heterocycles. The molecule has 0 aliphatic rings. The van der Waals surface area contributed by atoms with Crippen LogP contribution in [0.25, 0.3) is 0 Å². The van der Waals surface area contributed by atoms with Gasteiger partial charge >= 0.3 is 0 Å². The van der Waals surface area contributed by atoms with E-state index in [0.29, 0.717) is 24.3 Å². The summed E-state index contributed by atoms with van der Waals surface area (Å²) < 4.78 is 5.06. The highest BCUT2D eigenvalue weighted by Crippen LogP contribution is 2.20. The van der Waals surface area contributed by atoms with Gasteiger partial charge < -0.3 is 15.2 Å². The van der Waals surface area contributed by atoms with Crippen LogP contribution in [0.4, 0.5) is 0 Å². The van der Waals surface area contributed by atoms with Crippen LogP contribution >= 0.6 is 0 Å². The molecular formula is C15H23NO3. The minimum absolute atomic E-state index is 0.00235. The third kappa shape index (κ3) is 4.91. The van der Waals surface area contributed by atoms with Crippen LogP contribution in [0.1, 0.15) is 36.2 Å². The number of aromatic hydroxyl groups is 1. The quantitative estimate of drug-likeness (QED) is 0.831. The molecule has 0 bridgehead atoms. The van der Waals surface area contributed by atoms with Gasteiger partial charge in [0.15, 0.2) is 0 Å². The van der Waals surface area contributed by atoms with E-state index in [4.69, 9.17) is 4.74 Å². The minimum Gasteiger partial charge on any atom is -0.508 e. The molecule has 0 saturated heterocycles. The van der Waals surface area contributed by atoms with E-state index in [2.05, 4.69) is 19.2 Å². The van der Waals surface area contributed by atoms with E-state index in [1.165, 1.54) is 0 Å². The molecule has 2 N–H and O–H groups in total. The molecule has 1 amide bonds. The van der Waals surface area contributed by atoms with Crippen molar-refractivity contribution in [3.8, 4) is 5.75 Å². The molecule has 0 spiro atoms. The molecule has 0 atom stereocenters. The molecule has 1 rings (SSSR count). The normalized spacial score (nSPS) is 11.4. The summed E-state index contributed by atoms with van der Waals surface area (Å²) >= 11 is 0. The first-order chi connectivity index (χ1) is 8.85. The Hall–Kier alpha value is -1.55. The van der Waals surface area contributed by atoms with Crippen molar-refractivity contribution in [3.63, 3.8) is 0 Å². The fraction of sp³-hybridized carbons (Fsp3) is 0.533. The minimum atomic E-state index is -0.117. The Morgan fingerprint density at radius 3 is 2.68 bits per heavy atom. The molecule has 0 unspecified atom stereocenters. The number of carbonyl (C=O) groups excluding carboxylic acids is 1. The fourth-order valence-electron chi connectivity index (χ4n) is 1.69. The number of methoxy groups -OCH3 is 1. The second-order valence-electron chi connectivity index (χ2n) is 5.59. The fourth-order valence-corrected chi connectivity index (χ4v) is 1.69. The summed E-state index contributed by atoms with van der Waals surface area (Å²) in [6.07, 6.45) is 0.887. The lowest BCUT2D eigenvalue weighted by atomic mass is 9.89. The Morgan fingerprint density at radius 1 is 1.42 bits per heavy atom. The highest BCUT2D eigenvalue weighted by Gasteiger charge is 2.19. The molecule has 1 aromatic carbocycles. The van der Waals surface area contributed by atoms with E-state index in [1.54, 1.807) is 32.2 Å². The van der Waals surface area contributed by atoms with Crippen LogP contribution in [0.15, 0.2) is 18.2 Å². The van der Waals surface area contributed by atoms with Crippen molar-refractivity contribution >= 4 is 5.91 Å². The highest BCUT2D eigenvalue weighted by molar-refractivity contribution is 5.94. The van der Waals surface area contributed by atoms with Gasteiger partial charge in [-0.05, 0) is 42.5 Å². The summed E-state index contributed by atoms with van der Waals surface area (Å²) in [6, 6.07) is 4.85. The van der Waals surface area contributed by atoms with Gasteiger partial charge in [-0.15, -0.1) is 0 Å². The smallest absolute Gasteiger partial charge is 0.251 e. The molecule has 0 fully saturated rings. The number of ether oxygens (including phenoxy) is 1. The lowest BCUT2D eigenvalue weighted by Gasteiger charge is -2.24. The third-order valence-corrected chi connectivity index (χ3v) is 3.17. The summed E-state index contributed by atoms with van der Waals surface area (Å²) in [4.78, 5) is 12.0. The number of nitrogens with one attached hydrogen (secondary N) is 1. The molecule has 1 aromatic rings. The molecule has 4 heteroatoms. The average molecular weight is 265 g/mol. The summed E-state index contributed by atoms with van der Waals surface area (Å²) in [6.45, 7) is 7.23. The number of phenols is 1. The number of phenolic OH excluding ortho intramolecular Hbond substituents is 1. The molecule has 106 valence electrons. The van der Waals surface area contributed by atoms with E-state index < -0.39 is 0 Å². The lowest BCUT2D eigenvalue weighted by molar-refractivity contribution is 0.0921. The van der Waals surface area contributed by atoms with Gasteiger partial charge in [-0.2, -0.15) is 0 Å². The Labute approximate surface area is 114 Å². The van der Waals surface area contributed by atoms with Gasteiger partial charge in [0.2, 0.25) is 0 Å². The van der Waals surface area contributed by atoms with Crippen molar-refractivity contribution in [3.05, 3.63) is 29.3 Å². The zero-order chi connectivity index (χ0) is 14.5. The molecule has 0 aliphatic carbocycles. The first kappa shape index (κ1) is 15.5. The number of benzene rings is 1. The van der Waals surface area contributed by atoms with E-state index >= 15 is 0 Å². The van der Waals surface area contributed by atoms with Crippen LogP contribution < -0.4 is 5.32 Å². The number of rotatable bonds is 6. The van der Waals surface area contributed by atoms with Crippen LogP contribution in [-0.2, 0) is 4.74 Å². The summed E-state index contributed by atoms with van der Waals surface area (Å²) in [7, 11) is 1.67. The van der Waals surface area contributed by atoms with E-state index in [1.807, 2.05) is 0 Å². The second-order valence-corrected chi connectivity index (χ2v) is 5.59. The Kier molecular flexibility index (Phi) is 5.36. The maximum absolute atomic E-state index is 12.0. The van der Waals surface area contributed by atoms with Crippen molar-refractivity contribution in [2.75, 3.05) is 20.3 Å². The monoisotopic (exact) mass is 265 g/mol. The summed E-state index contributed by atoms with van der Waals surface area (Å²) in [5.41, 5.74) is 1.27. The van der Waals surface area contributed by atoms with Crippen LogP contribution in [0.5, 0.6) is 5.75 Å². The van der Waals surface area contributed by atoms with Crippen molar-refractivity contribution in [2.24, 2.45) is 5.41 Å². The Bertz CT molecular complexity index is 441. The maximum Gasteiger partial charge on any atom is 0.251 e. The van der Waals surface area contributed by atoms with Crippen LogP contribution in [-0.4, -0.2) is 31.3 Å². The van der Waals surface area contributed by atoms with Gasteiger partial charge in [-0.25, -0.2) is 0 Å². The van der Waals surface area contributed by atoms with Crippen molar-refractivity contribution in [1.82, 2.24) is 5.32 Å². The van der Waals surface area contributed by atoms with Gasteiger partial charge in [0.25, 0.3) is 5.91 Å². The first-order valence-electron chi connectivity index (χ1n) is 6.42. The predicted molar refractivity (Wildman–Crippen MR) is 75.5 cm³/mol. The first-order valence-corrected chi connectivity index (χ1v) is 6.42. The Morgan fingerprint density at radius 2 is 2.11 bits per heavy atom. The molecule has 0 radical (unpaired) electrons. The lowest BCUT2D eigenvalue weighted by Crippen LogP contribution is -2.34. The second kappa shape index (κ2) is 6.57. The van der Waals surface area contributed by atoms with Crippen LogP contribution in [0.2, 0.25) is 0 Å². The molecule has 0 aliphatic heterocycles. The van der Waals surface area contributed by atoms with Gasteiger partial charge in [0.1, 0.15) is 5.75 Å². The van der Waals surface area contributed by atoms with Crippen molar-refractivity contribution in [1.29, 1.82) is 0 Å². The van der Waals surface area contributed by atoms with Crippen LogP contribution in [0, 0.1) is 12.3 Å². The molecule has 4 nitrogen and oxygen atoms in total. The van der Waals surface area contributed by atoms with Gasteiger partial charge in [-0.3, -0.25) is 4.79 Å². The van der Waals surface area contributed by atoms with Crippen molar-refractivity contribution < 1.29 is 14.6 Å². The van der Waals surface area contributed by atoms with E-state index in [9.17, 15) is 9.90 Å². The SMILES string of the molecule is COCCC(C)(C)CNC(=O)c1ccc(O)c(C)c1. The van der Waals surface area contributed by atoms with Gasteiger partial charge in [0, 0.05) is 25.8 Å². The predicted octanol–water partition coefficient (Wildman–Crippen LogP) is 2.49. The summed E-state index contributed by atoms with van der Waals surface area (Å²) in [5.74, 6) is 0.0885. The van der Waals surface area contributed by atoms with Gasteiger partial charge in [-0.1, -0.05) is 13.8 Å². The zero-order valence-electron chi connectivity index (χ0n) is 12.1. The zero-order valence-corrected chi connectivity index (χ0v) is 12.1. The van der Waals surface area contributed by atoms with Crippen molar-refractivity contribution in [2.45, 2.75) is 27.2 Å². The number of hydrogen-bond acceptors (Lipinski definition) is 3. The largest absolute Gasteiger partial charge is 0.508 e. The topological polar surface area (TPSA) is 58.6 Å². The third-order valence-electron chi connectivity index (χ3n) is 3.17. The number of hydrogen-bond donors (Lipinski definition) is 2. The average Bonchev–Trinajstić information content (AvgIpc) is 2.37. The highest BCUT2D eigenvalue weighted by atomic mass is 16.5. The van der Waals surface area contributed by atoms with E-state index in [0.717, 1.165) is 6.42 Å².